The SMILES string of the molecule is ClCc1csc(-c2ccccc2)n1.ClCc1csc(-c2ccccc2)n1. The average molecular weight is 419 g/mol. The van der Waals surface area contributed by atoms with Crippen molar-refractivity contribution in [3.05, 3.63) is 82.8 Å². The summed E-state index contributed by atoms with van der Waals surface area (Å²) in [5.41, 5.74) is 4.21. The Morgan fingerprint density at radius 2 is 1.00 bits per heavy atom. The second kappa shape index (κ2) is 9.83. The molecule has 0 amide bonds. The van der Waals surface area contributed by atoms with Crippen molar-refractivity contribution in [1.29, 1.82) is 0 Å². The number of benzene rings is 2. The Balaban J connectivity index is 0.000000151. The van der Waals surface area contributed by atoms with Gasteiger partial charge in [0.05, 0.1) is 23.1 Å². The molecule has 4 rings (SSSR count). The Kier molecular flexibility index (Phi) is 7.21. The van der Waals surface area contributed by atoms with E-state index in [0.717, 1.165) is 32.5 Å². The average Bonchev–Trinajstić information content (AvgIpc) is 3.39. The molecule has 0 saturated heterocycles. The van der Waals surface area contributed by atoms with Gasteiger partial charge in [0.25, 0.3) is 0 Å². The number of halogens is 2. The molecule has 2 aromatic carbocycles. The first-order chi connectivity index (χ1) is 12.8. The van der Waals surface area contributed by atoms with Crippen LogP contribution in [0, 0.1) is 0 Å². The van der Waals surface area contributed by atoms with E-state index >= 15 is 0 Å². The normalized spacial score (nSPS) is 10.2. The van der Waals surface area contributed by atoms with E-state index in [4.69, 9.17) is 23.2 Å². The number of aromatic nitrogens is 2. The summed E-state index contributed by atoms with van der Waals surface area (Å²) in [6, 6.07) is 20.3. The minimum atomic E-state index is 0.489. The Labute approximate surface area is 171 Å². The van der Waals surface area contributed by atoms with E-state index in [1.807, 2.05) is 47.2 Å². The van der Waals surface area contributed by atoms with Crippen LogP contribution in [-0.4, -0.2) is 9.97 Å². The molecule has 0 saturated carbocycles. The van der Waals surface area contributed by atoms with Crippen LogP contribution in [0.1, 0.15) is 11.4 Å². The molecule has 26 heavy (non-hydrogen) atoms. The molecular weight excluding hydrogens is 403 g/mol. The molecule has 0 N–H and O–H groups in total. The standard InChI is InChI=1S/2C10H8ClNS/c2*11-6-9-7-13-10(12-9)8-4-2-1-3-5-8/h2*1-5,7H,6H2. The minimum absolute atomic E-state index is 0.489. The zero-order valence-electron chi connectivity index (χ0n) is 13.8. The van der Waals surface area contributed by atoms with Gasteiger partial charge in [-0.15, -0.1) is 45.9 Å². The van der Waals surface area contributed by atoms with Gasteiger partial charge in [-0.05, 0) is 0 Å². The Hall–Kier alpha value is -1.72. The highest BCUT2D eigenvalue weighted by Gasteiger charge is 2.03. The predicted octanol–water partition coefficient (Wildman–Crippen LogP) is 7.10. The summed E-state index contributed by atoms with van der Waals surface area (Å²) < 4.78 is 0. The molecule has 2 heterocycles. The molecule has 2 nitrogen and oxygen atoms in total. The molecule has 0 aliphatic carbocycles. The van der Waals surface area contributed by atoms with Gasteiger partial charge in [0, 0.05) is 21.9 Å². The van der Waals surface area contributed by atoms with Gasteiger partial charge in [0.15, 0.2) is 0 Å². The van der Waals surface area contributed by atoms with Gasteiger partial charge in [-0.25, -0.2) is 9.97 Å². The highest BCUT2D eigenvalue weighted by atomic mass is 35.5. The first kappa shape index (κ1) is 19.1. The number of thiazole rings is 2. The van der Waals surface area contributed by atoms with Gasteiger partial charge in [0.1, 0.15) is 10.0 Å². The maximum Gasteiger partial charge on any atom is 0.123 e. The van der Waals surface area contributed by atoms with E-state index in [1.165, 1.54) is 0 Å². The van der Waals surface area contributed by atoms with E-state index in [-0.39, 0.29) is 0 Å². The lowest BCUT2D eigenvalue weighted by Crippen LogP contribution is -1.78. The quantitative estimate of drug-likeness (QED) is 0.330. The highest BCUT2D eigenvalue weighted by Crippen LogP contribution is 2.24. The summed E-state index contributed by atoms with van der Waals surface area (Å²) in [4.78, 5) is 8.77. The molecule has 0 aliphatic heterocycles. The molecule has 2 aromatic heterocycles. The summed E-state index contributed by atoms with van der Waals surface area (Å²) in [6.07, 6.45) is 0. The van der Waals surface area contributed by atoms with Crippen molar-refractivity contribution in [3.8, 4) is 21.1 Å². The van der Waals surface area contributed by atoms with E-state index < -0.39 is 0 Å². The van der Waals surface area contributed by atoms with Crippen LogP contribution >= 0.6 is 45.9 Å². The lowest BCUT2D eigenvalue weighted by Gasteiger charge is -1.92. The molecule has 0 spiro atoms. The predicted molar refractivity (Wildman–Crippen MR) is 114 cm³/mol. The summed E-state index contributed by atoms with van der Waals surface area (Å²) in [5.74, 6) is 0.979. The second-order valence-electron chi connectivity index (χ2n) is 5.29. The maximum absolute atomic E-state index is 5.67. The van der Waals surface area contributed by atoms with Gasteiger partial charge in [-0.1, -0.05) is 60.7 Å². The molecule has 0 unspecified atom stereocenters. The van der Waals surface area contributed by atoms with E-state index in [2.05, 4.69) is 34.2 Å². The molecule has 0 aliphatic rings. The summed E-state index contributed by atoms with van der Waals surface area (Å²) in [7, 11) is 0. The van der Waals surface area contributed by atoms with Crippen LogP contribution in [0.25, 0.3) is 21.1 Å². The number of rotatable bonds is 4. The zero-order chi connectivity index (χ0) is 18.2. The van der Waals surface area contributed by atoms with Crippen LogP contribution in [0.2, 0.25) is 0 Å². The van der Waals surface area contributed by atoms with Crippen molar-refractivity contribution in [2.24, 2.45) is 0 Å². The number of hydrogen-bond donors (Lipinski definition) is 0. The highest BCUT2D eigenvalue weighted by molar-refractivity contribution is 7.13. The fourth-order valence-corrected chi connectivity index (χ4v) is 4.27. The van der Waals surface area contributed by atoms with Gasteiger partial charge >= 0.3 is 0 Å². The molecule has 0 atom stereocenters. The van der Waals surface area contributed by atoms with Gasteiger partial charge < -0.3 is 0 Å². The largest absolute Gasteiger partial charge is 0.240 e. The van der Waals surface area contributed by atoms with E-state index in [1.54, 1.807) is 22.7 Å². The van der Waals surface area contributed by atoms with E-state index in [9.17, 15) is 0 Å². The third-order valence-corrected chi connectivity index (χ3v) is 5.85. The van der Waals surface area contributed by atoms with Crippen LogP contribution in [-0.2, 0) is 11.8 Å². The maximum atomic E-state index is 5.67. The van der Waals surface area contributed by atoms with Crippen LogP contribution in [0.5, 0.6) is 0 Å². The fourth-order valence-electron chi connectivity index (χ4n) is 2.16. The van der Waals surface area contributed by atoms with Gasteiger partial charge in [-0.2, -0.15) is 0 Å². The third kappa shape index (κ3) is 5.15. The summed E-state index contributed by atoms with van der Waals surface area (Å²) in [5, 5.41) is 6.07. The first-order valence-electron chi connectivity index (χ1n) is 7.91. The van der Waals surface area contributed by atoms with Crippen molar-refractivity contribution in [1.82, 2.24) is 9.97 Å². The smallest absolute Gasteiger partial charge is 0.123 e. The van der Waals surface area contributed by atoms with Crippen LogP contribution in [0.3, 0.4) is 0 Å². The molecule has 0 fully saturated rings. The van der Waals surface area contributed by atoms with Gasteiger partial charge in [0.2, 0.25) is 0 Å². The van der Waals surface area contributed by atoms with Crippen LogP contribution in [0.4, 0.5) is 0 Å². The first-order valence-corrected chi connectivity index (χ1v) is 10.7. The summed E-state index contributed by atoms with van der Waals surface area (Å²) >= 11 is 14.6. The monoisotopic (exact) mass is 418 g/mol. The van der Waals surface area contributed by atoms with Crippen LogP contribution in [0.15, 0.2) is 71.4 Å². The second-order valence-corrected chi connectivity index (χ2v) is 7.54. The molecular formula is C20H16Cl2N2S2. The molecule has 132 valence electrons. The minimum Gasteiger partial charge on any atom is -0.240 e. The topological polar surface area (TPSA) is 25.8 Å². The number of hydrogen-bond acceptors (Lipinski definition) is 4. The third-order valence-electron chi connectivity index (χ3n) is 3.42. The summed E-state index contributed by atoms with van der Waals surface area (Å²) in [6.45, 7) is 0. The van der Waals surface area contributed by atoms with Crippen LogP contribution < -0.4 is 0 Å². The van der Waals surface area contributed by atoms with Crippen molar-refractivity contribution < 1.29 is 0 Å². The number of alkyl halides is 2. The molecule has 4 aromatic rings. The van der Waals surface area contributed by atoms with Crippen molar-refractivity contribution in [2.45, 2.75) is 11.8 Å². The van der Waals surface area contributed by atoms with Gasteiger partial charge in [-0.3, -0.25) is 0 Å². The number of nitrogens with zero attached hydrogens (tertiary/aromatic N) is 2. The Morgan fingerprint density at radius 1 is 0.615 bits per heavy atom. The fraction of sp³-hybridized carbons (Fsp3) is 0.100. The molecule has 0 radical (unpaired) electrons. The molecule has 0 bridgehead atoms. The van der Waals surface area contributed by atoms with Crippen molar-refractivity contribution in [3.63, 3.8) is 0 Å². The van der Waals surface area contributed by atoms with Crippen molar-refractivity contribution in [2.75, 3.05) is 0 Å². The van der Waals surface area contributed by atoms with E-state index in [0.29, 0.717) is 11.8 Å². The Bertz CT molecular complexity index is 843. The molecule has 6 heteroatoms. The van der Waals surface area contributed by atoms with Crippen molar-refractivity contribution >= 4 is 45.9 Å². The Morgan fingerprint density at radius 3 is 1.31 bits per heavy atom. The lowest BCUT2D eigenvalue weighted by molar-refractivity contribution is 1.23. The zero-order valence-corrected chi connectivity index (χ0v) is 17.0. The lowest BCUT2D eigenvalue weighted by atomic mass is 10.2.